The Labute approximate surface area is 119 Å². The van der Waals surface area contributed by atoms with Crippen molar-refractivity contribution in [3.8, 4) is 0 Å². The number of allylic oxidation sites excluding steroid dienone is 1. The number of rotatable bonds is 4. The van der Waals surface area contributed by atoms with E-state index in [9.17, 15) is 4.79 Å². The molecular weight excluding hydrogens is 252 g/mol. The van der Waals surface area contributed by atoms with Gasteiger partial charge in [0.25, 0.3) is 0 Å². The van der Waals surface area contributed by atoms with Crippen LogP contribution in [0.4, 0.5) is 0 Å². The van der Waals surface area contributed by atoms with Crippen LogP contribution in [0.15, 0.2) is 46.7 Å². The number of benzene rings is 1. The second kappa shape index (κ2) is 6.37. The first kappa shape index (κ1) is 14.3. The van der Waals surface area contributed by atoms with Gasteiger partial charge >= 0.3 is 5.97 Å². The fraction of sp³-hybridized carbons (Fsp3) is 0.375. The van der Waals surface area contributed by atoms with Crippen molar-refractivity contribution >= 4 is 11.7 Å². The zero-order valence-corrected chi connectivity index (χ0v) is 12.1. The first-order valence-corrected chi connectivity index (χ1v) is 6.94. The van der Waals surface area contributed by atoms with Crippen LogP contribution in [0, 0.1) is 0 Å². The molecule has 1 heterocycles. The molecule has 0 radical (unpaired) electrons. The van der Waals surface area contributed by atoms with Crippen LogP contribution in [0.1, 0.15) is 38.7 Å². The van der Waals surface area contributed by atoms with Crippen molar-refractivity contribution < 1.29 is 9.53 Å². The fourth-order valence-corrected chi connectivity index (χ4v) is 2.43. The molecule has 1 aromatic carbocycles. The third-order valence-electron chi connectivity index (χ3n) is 3.38. The SMILES string of the molecule is CCOC(=O)C1=C(C)NN=C(CC)C1c1ccccc1. The summed E-state index contributed by atoms with van der Waals surface area (Å²) in [5.41, 5.74) is 6.37. The highest BCUT2D eigenvalue weighted by atomic mass is 16.5. The van der Waals surface area contributed by atoms with Crippen molar-refractivity contribution in [2.45, 2.75) is 33.1 Å². The van der Waals surface area contributed by atoms with E-state index in [4.69, 9.17) is 4.74 Å². The van der Waals surface area contributed by atoms with Crippen LogP contribution < -0.4 is 5.43 Å². The molecule has 0 saturated carbocycles. The number of carbonyl (C=O) groups excluding carboxylic acids is 1. The van der Waals surface area contributed by atoms with Crippen LogP contribution in [0.3, 0.4) is 0 Å². The van der Waals surface area contributed by atoms with Gasteiger partial charge in [0.05, 0.1) is 23.8 Å². The molecule has 0 aliphatic carbocycles. The van der Waals surface area contributed by atoms with Crippen molar-refractivity contribution in [1.29, 1.82) is 0 Å². The molecule has 4 heteroatoms. The Hall–Kier alpha value is -2.10. The van der Waals surface area contributed by atoms with Crippen molar-refractivity contribution in [3.63, 3.8) is 0 Å². The predicted molar refractivity (Wildman–Crippen MR) is 79.4 cm³/mol. The summed E-state index contributed by atoms with van der Waals surface area (Å²) in [5.74, 6) is -0.395. The van der Waals surface area contributed by atoms with Crippen molar-refractivity contribution in [2.24, 2.45) is 5.10 Å². The number of hydrazone groups is 1. The lowest BCUT2D eigenvalue weighted by Crippen LogP contribution is -2.30. The zero-order chi connectivity index (χ0) is 14.5. The zero-order valence-electron chi connectivity index (χ0n) is 12.1. The lowest BCUT2D eigenvalue weighted by atomic mass is 9.84. The van der Waals surface area contributed by atoms with Crippen LogP contribution >= 0.6 is 0 Å². The van der Waals surface area contributed by atoms with Crippen LogP contribution in [-0.4, -0.2) is 18.3 Å². The molecule has 0 fully saturated rings. The van der Waals surface area contributed by atoms with Crippen molar-refractivity contribution in [3.05, 3.63) is 47.2 Å². The molecule has 2 rings (SSSR count). The van der Waals surface area contributed by atoms with E-state index in [1.165, 1.54) is 0 Å². The summed E-state index contributed by atoms with van der Waals surface area (Å²) < 4.78 is 5.20. The molecule has 0 spiro atoms. The second-order valence-electron chi connectivity index (χ2n) is 4.67. The number of esters is 1. The average molecular weight is 272 g/mol. The Kier molecular flexibility index (Phi) is 4.56. The monoisotopic (exact) mass is 272 g/mol. The topological polar surface area (TPSA) is 50.7 Å². The Bertz CT molecular complexity index is 547. The number of carbonyl (C=O) groups is 1. The number of hydrogen-bond donors (Lipinski definition) is 1. The Morgan fingerprint density at radius 3 is 2.60 bits per heavy atom. The van der Waals surface area contributed by atoms with E-state index in [0.717, 1.165) is 23.4 Å². The molecule has 0 aromatic heterocycles. The smallest absolute Gasteiger partial charge is 0.336 e. The first-order valence-electron chi connectivity index (χ1n) is 6.94. The minimum Gasteiger partial charge on any atom is -0.463 e. The molecule has 1 N–H and O–H groups in total. The lowest BCUT2D eigenvalue weighted by molar-refractivity contribution is -0.138. The molecule has 0 bridgehead atoms. The molecule has 20 heavy (non-hydrogen) atoms. The van der Waals surface area contributed by atoms with Gasteiger partial charge in [-0.3, -0.25) is 5.43 Å². The third-order valence-corrected chi connectivity index (χ3v) is 3.38. The second-order valence-corrected chi connectivity index (χ2v) is 4.67. The van der Waals surface area contributed by atoms with Gasteiger partial charge in [-0.15, -0.1) is 0 Å². The number of hydrogen-bond acceptors (Lipinski definition) is 4. The Balaban J connectivity index is 2.47. The predicted octanol–water partition coefficient (Wildman–Crippen LogP) is 2.98. The summed E-state index contributed by atoms with van der Waals surface area (Å²) in [6.07, 6.45) is 0.781. The summed E-state index contributed by atoms with van der Waals surface area (Å²) in [6, 6.07) is 9.96. The largest absolute Gasteiger partial charge is 0.463 e. The van der Waals surface area contributed by atoms with Crippen molar-refractivity contribution in [1.82, 2.24) is 5.43 Å². The maximum atomic E-state index is 12.3. The molecule has 1 aliphatic heterocycles. The fourth-order valence-electron chi connectivity index (χ4n) is 2.43. The van der Waals surface area contributed by atoms with Gasteiger partial charge < -0.3 is 4.74 Å². The van der Waals surface area contributed by atoms with E-state index in [0.29, 0.717) is 12.2 Å². The van der Waals surface area contributed by atoms with Gasteiger partial charge in [-0.1, -0.05) is 37.3 Å². The van der Waals surface area contributed by atoms with E-state index >= 15 is 0 Å². The minimum atomic E-state index is -0.271. The van der Waals surface area contributed by atoms with Gasteiger partial charge in [0.1, 0.15) is 0 Å². The molecule has 0 saturated heterocycles. The van der Waals surface area contributed by atoms with Gasteiger partial charge in [0, 0.05) is 5.70 Å². The minimum absolute atomic E-state index is 0.124. The normalized spacial score (nSPS) is 18.4. The van der Waals surface area contributed by atoms with Gasteiger partial charge in [-0.25, -0.2) is 4.79 Å². The highest BCUT2D eigenvalue weighted by Crippen LogP contribution is 2.32. The molecule has 1 aliphatic rings. The van der Waals surface area contributed by atoms with Gasteiger partial charge in [-0.05, 0) is 25.8 Å². The maximum Gasteiger partial charge on any atom is 0.336 e. The van der Waals surface area contributed by atoms with E-state index < -0.39 is 0 Å². The van der Waals surface area contributed by atoms with Gasteiger partial charge in [-0.2, -0.15) is 5.10 Å². The number of ether oxygens (including phenoxy) is 1. The molecule has 0 amide bonds. The van der Waals surface area contributed by atoms with Crippen LogP contribution in [0.25, 0.3) is 0 Å². The maximum absolute atomic E-state index is 12.3. The van der Waals surface area contributed by atoms with Crippen molar-refractivity contribution in [2.75, 3.05) is 6.61 Å². The lowest BCUT2D eigenvalue weighted by Gasteiger charge is -2.27. The number of nitrogens with one attached hydrogen (secondary N) is 1. The van der Waals surface area contributed by atoms with Gasteiger partial charge in [0.15, 0.2) is 0 Å². The van der Waals surface area contributed by atoms with Gasteiger partial charge in [0.2, 0.25) is 0 Å². The standard InChI is InChI=1S/C16H20N2O2/c1-4-13-15(12-9-7-6-8-10-12)14(11(3)17-18-13)16(19)20-5-2/h6-10,15,17H,4-5H2,1-3H3. The van der Waals surface area contributed by atoms with Crippen LogP contribution in [-0.2, 0) is 9.53 Å². The summed E-state index contributed by atoms with van der Waals surface area (Å²) in [7, 11) is 0. The Morgan fingerprint density at radius 2 is 2.00 bits per heavy atom. The van der Waals surface area contributed by atoms with E-state index in [2.05, 4.69) is 10.5 Å². The first-order chi connectivity index (χ1) is 9.69. The highest BCUT2D eigenvalue weighted by Gasteiger charge is 2.32. The summed E-state index contributed by atoms with van der Waals surface area (Å²) in [6.45, 7) is 6.09. The molecular formula is C16H20N2O2. The molecule has 1 unspecified atom stereocenters. The summed E-state index contributed by atoms with van der Waals surface area (Å²) in [4.78, 5) is 12.3. The quantitative estimate of drug-likeness (QED) is 0.857. The highest BCUT2D eigenvalue weighted by molar-refractivity contribution is 6.04. The number of nitrogens with zero attached hydrogens (tertiary/aromatic N) is 1. The average Bonchev–Trinajstić information content (AvgIpc) is 2.48. The third kappa shape index (κ3) is 2.74. The van der Waals surface area contributed by atoms with E-state index in [-0.39, 0.29) is 11.9 Å². The molecule has 1 aromatic rings. The van der Waals surface area contributed by atoms with E-state index in [1.807, 2.05) is 51.1 Å². The molecule has 106 valence electrons. The summed E-state index contributed by atoms with van der Waals surface area (Å²) >= 11 is 0. The Morgan fingerprint density at radius 1 is 1.30 bits per heavy atom. The molecule has 4 nitrogen and oxygen atoms in total. The summed E-state index contributed by atoms with van der Waals surface area (Å²) in [5, 5.41) is 4.38. The molecule has 1 atom stereocenters. The van der Waals surface area contributed by atoms with Crippen LogP contribution in [0.2, 0.25) is 0 Å². The van der Waals surface area contributed by atoms with E-state index in [1.54, 1.807) is 0 Å². The van der Waals surface area contributed by atoms with Crippen LogP contribution in [0.5, 0.6) is 0 Å².